The van der Waals surface area contributed by atoms with E-state index in [4.69, 9.17) is 0 Å². The van der Waals surface area contributed by atoms with Gasteiger partial charge in [0.25, 0.3) is 0 Å². The van der Waals surface area contributed by atoms with Crippen molar-refractivity contribution in [2.75, 3.05) is 19.6 Å². The van der Waals surface area contributed by atoms with Crippen LogP contribution in [0.1, 0.15) is 32.1 Å². The van der Waals surface area contributed by atoms with Crippen molar-refractivity contribution in [1.82, 2.24) is 10.2 Å². The van der Waals surface area contributed by atoms with Crippen LogP contribution in [0.25, 0.3) is 0 Å². The number of urea groups is 1. The van der Waals surface area contributed by atoms with Crippen molar-refractivity contribution < 1.29 is 23.1 Å². The smallest absolute Gasteiger partial charge is 0.380 e. The second kappa shape index (κ2) is 5.19. The molecule has 19 heavy (non-hydrogen) atoms. The summed E-state index contributed by atoms with van der Waals surface area (Å²) in [6, 6.07) is -0.329. The first kappa shape index (κ1) is 14.4. The SMILES string of the molecule is O=C(NCCC1CC1)N1CCC(O)(C(F)(F)F)CC1. The summed E-state index contributed by atoms with van der Waals surface area (Å²) in [5.41, 5.74) is -2.64. The Morgan fingerprint density at radius 2 is 1.89 bits per heavy atom. The monoisotopic (exact) mass is 280 g/mol. The number of nitrogens with zero attached hydrogens (tertiary/aromatic N) is 1. The van der Waals surface area contributed by atoms with E-state index < -0.39 is 24.6 Å². The number of aliphatic hydroxyl groups is 1. The normalized spacial score (nSPS) is 23.3. The first-order valence-corrected chi connectivity index (χ1v) is 6.64. The van der Waals surface area contributed by atoms with Crippen LogP contribution in [-0.4, -0.2) is 47.4 Å². The Hall–Kier alpha value is -0.980. The lowest BCUT2D eigenvalue weighted by Gasteiger charge is -2.39. The molecule has 1 saturated carbocycles. The molecule has 0 spiro atoms. The van der Waals surface area contributed by atoms with Crippen molar-refractivity contribution in [3.05, 3.63) is 0 Å². The van der Waals surface area contributed by atoms with E-state index in [2.05, 4.69) is 5.32 Å². The second-order valence-electron chi connectivity index (χ2n) is 5.48. The third kappa shape index (κ3) is 3.52. The molecule has 7 heteroatoms. The molecule has 1 aliphatic carbocycles. The fraction of sp³-hybridized carbons (Fsp3) is 0.917. The Kier molecular flexibility index (Phi) is 3.94. The maximum atomic E-state index is 12.6. The Bertz CT molecular complexity index is 334. The van der Waals surface area contributed by atoms with Crippen LogP contribution in [0.4, 0.5) is 18.0 Å². The number of hydrogen-bond donors (Lipinski definition) is 2. The lowest BCUT2D eigenvalue weighted by Crippen LogP contribution is -2.55. The van der Waals surface area contributed by atoms with Crippen molar-refractivity contribution in [2.24, 2.45) is 5.92 Å². The molecule has 0 aromatic rings. The van der Waals surface area contributed by atoms with Gasteiger partial charge in [-0.1, -0.05) is 12.8 Å². The standard InChI is InChI=1S/C12H19F3N2O2/c13-12(14,15)11(19)4-7-17(8-5-11)10(18)16-6-3-9-1-2-9/h9,19H,1-8H2,(H,16,18). The van der Waals surface area contributed by atoms with E-state index in [1.54, 1.807) is 0 Å². The van der Waals surface area contributed by atoms with Crippen molar-refractivity contribution in [1.29, 1.82) is 0 Å². The molecular formula is C12H19F3N2O2. The van der Waals surface area contributed by atoms with Crippen LogP contribution in [0.5, 0.6) is 0 Å². The Morgan fingerprint density at radius 3 is 2.37 bits per heavy atom. The Balaban J connectivity index is 1.74. The molecule has 4 nitrogen and oxygen atoms in total. The highest BCUT2D eigenvalue weighted by Gasteiger charge is 2.54. The van der Waals surface area contributed by atoms with E-state index >= 15 is 0 Å². The minimum Gasteiger partial charge on any atom is -0.380 e. The van der Waals surface area contributed by atoms with E-state index in [0.717, 1.165) is 6.42 Å². The van der Waals surface area contributed by atoms with Gasteiger partial charge in [0.15, 0.2) is 5.60 Å². The molecule has 0 aromatic heterocycles. The summed E-state index contributed by atoms with van der Waals surface area (Å²) >= 11 is 0. The zero-order chi connectivity index (χ0) is 14.1. The first-order valence-electron chi connectivity index (χ1n) is 6.64. The van der Waals surface area contributed by atoms with Gasteiger partial charge in [-0.2, -0.15) is 13.2 Å². The molecule has 2 rings (SSSR count). The molecule has 2 N–H and O–H groups in total. The van der Waals surface area contributed by atoms with Crippen LogP contribution in [0, 0.1) is 5.92 Å². The summed E-state index contributed by atoms with van der Waals surface area (Å²) < 4.78 is 37.7. The number of alkyl halides is 3. The lowest BCUT2D eigenvalue weighted by atomic mass is 9.91. The Morgan fingerprint density at radius 1 is 1.32 bits per heavy atom. The molecule has 0 aromatic carbocycles. The zero-order valence-corrected chi connectivity index (χ0v) is 10.7. The van der Waals surface area contributed by atoms with Gasteiger partial charge >= 0.3 is 12.2 Å². The average Bonchev–Trinajstić information content (AvgIpc) is 3.12. The molecule has 1 aliphatic heterocycles. The molecular weight excluding hydrogens is 261 g/mol. The molecule has 2 aliphatic rings. The van der Waals surface area contributed by atoms with E-state index in [-0.39, 0.29) is 19.1 Å². The van der Waals surface area contributed by atoms with E-state index in [0.29, 0.717) is 12.5 Å². The summed E-state index contributed by atoms with van der Waals surface area (Å²) in [5.74, 6) is 0.706. The summed E-state index contributed by atoms with van der Waals surface area (Å²) in [6.45, 7) is 0.445. The van der Waals surface area contributed by atoms with Gasteiger partial charge in [-0.05, 0) is 12.3 Å². The molecule has 0 unspecified atom stereocenters. The minimum absolute atomic E-state index is 0.0642. The van der Waals surface area contributed by atoms with Crippen LogP contribution in [0.15, 0.2) is 0 Å². The number of nitrogens with one attached hydrogen (secondary N) is 1. The number of carbonyl (C=O) groups excluding carboxylic acids is 1. The largest absolute Gasteiger partial charge is 0.417 e. The predicted molar refractivity (Wildman–Crippen MR) is 62.6 cm³/mol. The van der Waals surface area contributed by atoms with Crippen LogP contribution >= 0.6 is 0 Å². The van der Waals surface area contributed by atoms with E-state index in [9.17, 15) is 23.1 Å². The summed E-state index contributed by atoms with van der Waals surface area (Å²) in [5, 5.41) is 12.2. The molecule has 0 radical (unpaired) electrons. The fourth-order valence-electron chi connectivity index (χ4n) is 2.26. The number of halogens is 3. The number of amides is 2. The molecule has 0 atom stereocenters. The quantitative estimate of drug-likeness (QED) is 0.829. The number of hydrogen-bond acceptors (Lipinski definition) is 2. The van der Waals surface area contributed by atoms with E-state index in [1.165, 1.54) is 17.7 Å². The second-order valence-corrected chi connectivity index (χ2v) is 5.48. The van der Waals surface area contributed by atoms with Gasteiger partial charge in [-0.15, -0.1) is 0 Å². The average molecular weight is 280 g/mol. The number of rotatable bonds is 3. The zero-order valence-electron chi connectivity index (χ0n) is 10.7. The van der Waals surface area contributed by atoms with Gasteiger partial charge < -0.3 is 15.3 Å². The third-order valence-electron chi connectivity index (χ3n) is 3.93. The van der Waals surface area contributed by atoms with Crippen molar-refractivity contribution in [2.45, 2.75) is 43.9 Å². The van der Waals surface area contributed by atoms with Crippen molar-refractivity contribution in [3.63, 3.8) is 0 Å². The maximum absolute atomic E-state index is 12.6. The highest BCUT2D eigenvalue weighted by molar-refractivity contribution is 5.74. The van der Waals surface area contributed by atoms with Gasteiger partial charge in [-0.3, -0.25) is 0 Å². The van der Waals surface area contributed by atoms with Gasteiger partial charge in [0.05, 0.1) is 0 Å². The number of likely N-dealkylation sites (tertiary alicyclic amines) is 1. The Labute approximate surface area is 110 Å². The maximum Gasteiger partial charge on any atom is 0.417 e. The van der Waals surface area contributed by atoms with Gasteiger partial charge in [-0.25, -0.2) is 4.79 Å². The summed E-state index contributed by atoms with van der Waals surface area (Å²) in [6.07, 6.45) is -2.18. The van der Waals surface area contributed by atoms with Crippen molar-refractivity contribution in [3.8, 4) is 0 Å². The van der Waals surface area contributed by atoms with Gasteiger partial charge in [0, 0.05) is 32.5 Å². The molecule has 2 fully saturated rings. The fourth-order valence-corrected chi connectivity index (χ4v) is 2.26. The van der Waals surface area contributed by atoms with Crippen molar-refractivity contribution >= 4 is 6.03 Å². The summed E-state index contributed by atoms with van der Waals surface area (Å²) in [7, 11) is 0. The molecule has 0 bridgehead atoms. The number of carbonyl (C=O) groups is 1. The van der Waals surface area contributed by atoms with Crippen LogP contribution in [-0.2, 0) is 0 Å². The highest BCUT2D eigenvalue weighted by atomic mass is 19.4. The minimum atomic E-state index is -4.62. The number of piperidine rings is 1. The van der Waals surface area contributed by atoms with Gasteiger partial charge in [0.2, 0.25) is 0 Å². The lowest BCUT2D eigenvalue weighted by molar-refractivity contribution is -0.271. The van der Waals surface area contributed by atoms with Crippen LogP contribution < -0.4 is 5.32 Å². The highest BCUT2D eigenvalue weighted by Crippen LogP contribution is 2.38. The topological polar surface area (TPSA) is 52.6 Å². The van der Waals surface area contributed by atoms with Crippen LogP contribution in [0.2, 0.25) is 0 Å². The van der Waals surface area contributed by atoms with Crippen LogP contribution in [0.3, 0.4) is 0 Å². The summed E-state index contributed by atoms with van der Waals surface area (Å²) in [4.78, 5) is 13.1. The molecule has 1 saturated heterocycles. The third-order valence-corrected chi connectivity index (χ3v) is 3.93. The molecule has 2 amide bonds. The van der Waals surface area contributed by atoms with Gasteiger partial charge in [0.1, 0.15) is 0 Å². The molecule has 1 heterocycles. The predicted octanol–water partition coefficient (Wildman–Crippen LogP) is 1.89. The molecule has 110 valence electrons. The van der Waals surface area contributed by atoms with E-state index in [1.807, 2.05) is 0 Å². The first-order chi connectivity index (χ1) is 8.82.